The van der Waals surface area contributed by atoms with Gasteiger partial charge in [-0.05, 0) is 35.7 Å². The van der Waals surface area contributed by atoms with E-state index < -0.39 is 17.3 Å². The summed E-state index contributed by atoms with van der Waals surface area (Å²) in [5.41, 5.74) is -0.767. The Hall–Kier alpha value is -2.64. The molecule has 2 heterocycles. The number of nitrogens with one attached hydrogen (secondary N) is 1. The number of halogens is 1. The second-order valence-electron chi connectivity index (χ2n) is 5.38. The summed E-state index contributed by atoms with van der Waals surface area (Å²) in [6, 6.07) is 9.16. The van der Waals surface area contributed by atoms with Crippen LogP contribution in [0.15, 0.2) is 58.7 Å². The monoisotopic (exact) mass is 361 g/mol. The van der Waals surface area contributed by atoms with Gasteiger partial charge in [0.05, 0.1) is 26.2 Å². The molecule has 0 bridgehead atoms. The molecule has 3 aromatic rings. The number of methoxy groups -OCH3 is 1. The number of furan rings is 1. The van der Waals surface area contributed by atoms with E-state index in [-0.39, 0.29) is 17.9 Å². The molecule has 0 aliphatic heterocycles. The van der Waals surface area contributed by atoms with E-state index in [9.17, 15) is 14.3 Å². The van der Waals surface area contributed by atoms with Crippen LogP contribution in [-0.2, 0) is 5.60 Å². The molecule has 0 saturated carbocycles. The Bertz CT molecular complexity index is 812. The van der Waals surface area contributed by atoms with Gasteiger partial charge in [0, 0.05) is 16.0 Å². The highest BCUT2D eigenvalue weighted by molar-refractivity contribution is 7.10. The van der Waals surface area contributed by atoms with Crippen molar-refractivity contribution in [3.8, 4) is 5.75 Å². The van der Waals surface area contributed by atoms with E-state index in [1.54, 1.807) is 12.1 Å². The van der Waals surface area contributed by atoms with Crippen LogP contribution in [0.25, 0.3) is 0 Å². The van der Waals surface area contributed by atoms with Gasteiger partial charge in [0.15, 0.2) is 11.6 Å². The van der Waals surface area contributed by atoms with Crippen LogP contribution >= 0.6 is 11.3 Å². The predicted octanol–water partition coefficient (Wildman–Crippen LogP) is 3.15. The van der Waals surface area contributed by atoms with Crippen LogP contribution < -0.4 is 10.1 Å². The van der Waals surface area contributed by atoms with Crippen LogP contribution in [0.4, 0.5) is 4.39 Å². The lowest BCUT2D eigenvalue weighted by Gasteiger charge is -2.26. The first-order chi connectivity index (χ1) is 12.0. The molecular formula is C18H16FNO4S. The lowest BCUT2D eigenvalue weighted by atomic mass is 9.94. The first kappa shape index (κ1) is 17.2. The summed E-state index contributed by atoms with van der Waals surface area (Å²) in [6.07, 6.45) is 2.88. The summed E-state index contributed by atoms with van der Waals surface area (Å²) < 4.78 is 23.7. The van der Waals surface area contributed by atoms with E-state index in [4.69, 9.17) is 9.15 Å². The summed E-state index contributed by atoms with van der Waals surface area (Å²) in [5, 5.41) is 15.6. The topological polar surface area (TPSA) is 71.7 Å². The highest BCUT2D eigenvalue weighted by Crippen LogP contribution is 2.32. The van der Waals surface area contributed by atoms with Crippen LogP contribution in [0.3, 0.4) is 0 Å². The molecule has 2 N–H and O–H groups in total. The van der Waals surface area contributed by atoms with Crippen molar-refractivity contribution in [3.63, 3.8) is 0 Å². The molecule has 5 nitrogen and oxygen atoms in total. The summed E-state index contributed by atoms with van der Waals surface area (Å²) >= 11 is 1.36. The number of carbonyl (C=O) groups excluding carboxylic acids is 1. The molecule has 0 aliphatic carbocycles. The van der Waals surface area contributed by atoms with E-state index in [0.29, 0.717) is 10.4 Å². The number of hydrogen-bond acceptors (Lipinski definition) is 5. The number of thiophene rings is 1. The van der Waals surface area contributed by atoms with E-state index >= 15 is 0 Å². The van der Waals surface area contributed by atoms with Crippen molar-refractivity contribution in [3.05, 3.63) is 76.1 Å². The van der Waals surface area contributed by atoms with Crippen molar-refractivity contribution >= 4 is 17.2 Å². The number of carbonyl (C=O) groups is 1. The van der Waals surface area contributed by atoms with E-state index in [1.807, 2.05) is 11.4 Å². The fraction of sp³-hybridized carbons (Fsp3) is 0.167. The molecule has 2 aromatic heterocycles. The molecule has 25 heavy (non-hydrogen) atoms. The van der Waals surface area contributed by atoms with E-state index in [2.05, 4.69) is 5.32 Å². The second-order valence-corrected chi connectivity index (χ2v) is 6.33. The van der Waals surface area contributed by atoms with Crippen molar-refractivity contribution in [2.24, 2.45) is 0 Å². The van der Waals surface area contributed by atoms with Gasteiger partial charge in [0.1, 0.15) is 5.60 Å². The lowest BCUT2D eigenvalue weighted by molar-refractivity contribution is 0.0714. The van der Waals surface area contributed by atoms with Crippen molar-refractivity contribution in [2.75, 3.05) is 13.7 Å². The molecular weight excluding hydrogens is 345 g/mol. The third kappa shape index (κ3) is 3.42. The minimum atomic E-state index is -1.43. The zero-order valence-corrected chi connectivity index (χ0v) is 14.2. The number of benzene rings is 1. The minimum absolute atomic E-state index is 0.0602. The predicted molar refractivity (Wildman–Crippen MR) is 91.3 cm³/mol. The van der Waals surface area contributed by atoms with Gasteiger partial charge in [0.25, 0.3) is 5.91 Å². The number of hydrogen-bond donors (Lipinski definition) is 2. The molecule has 7 heteroatoms. The first-order valence-corrected chi connectivity index (χ1v) is 8.33. The Balaban J connectivity index is 1.80. The van der Waals surface area contributed by atoms with Gasteiger partial charge in [-0.25, -0.2) is 4.39 Å². The minimum Gasteiger partial charge on any atom is -0.494 e. The number of ether oxygens (including phenoxy) is 1. The van der Waals surface area contributed by atoms with Crippen LogP contribution in [0.5, 0.6) is 5.75 Å². The van der Waals surface area contributed by atoms with Crippen molar-refractivity contribution in [1.82, 2.24) is 5.32 Å². The number of rotatable bonds is 6. The van der Waals surface area contributed by atoms with Crippen LogP contribution in [0.1, 0.15) is 20.8 Å². The Morgan fingerprint density at radius 3 is 2.84 bits per heavy atom. The van der Waals surface area contributed by atoms with Gasteiger partial charge in [-0.2, -0.15) is 0 Å². The Kier molecular flexibility index (Phi) is 4.87. The van der Waals surface area contributed by atoms with Gasteiger partial charge in [-0.15, -0.1) is 11.3 Å². The molecule has 0 fully saturated rings. The maximum absolute atomic E-state index is 13.8. The molecule has 1 aromatic carbocycles. The molecule has 130 valence electrons. The van der Waals surface area contributed by atoms with Gasteiger partial charge >= 0.3 is 0 Å². The second kappa shape index (κ2) is 7.08. The van der Waals surface area contributed by atoms with E-state index in [1.165, 1.54) is 43.1 Å². The Morgan fingerprint density at radius 2 is 2.24 bits per heavy atom. The Morgan fingerprint density at radius 1 is 1.40 bits per heavy atom. The first-order valence-electron chi connectivity index (χ1n) is 7.45. The maximum atomic E-state index is 13.8. The van der Waals surface area contributed by atoms with Crippen molar-refractivity contribution in [2.45, 2.75) is 5.60 Å². The average molecular weight is 361 g/mol. The van der Waals surface area contributed by atoms with Gasteiger partial charge in [-0.1, -0.05) is 6.07 Å². The zero-order chi connectivity index (χ0) is 17.9. The molecule has 0 unspecified atom stereocenters. The lowest BCUT2D eigenvalue weighted by Crippen LogP contribution is -2.41. The molecule has 1 amide bonds. The van der Waals surface area contributed by atoms with Gasteiger partial charge < -0.3 is 19.6 Å². The normalized spacial score (nSPS) is 13.2. The zero-order valence-electron chi connectivity index (χ0n) is 13.4. The molecule has 0 spiro atoms. The van der Waals surface area contributed by atoms with Crippen molar-refractivity contribution < 1.29 is 23.4 Å². The highest BCUT2D eigenvalue weighted by Gasteiger charge is 2.34. The Labute approximate surface area is 147 Å². The fourth-order valence-corrected chi connectivity index (χ4v) is 3.31. The van der Waals surface area contributed by atoms with Gasteiger partial charge in [0.2, 0.25) is 0 Å². The molecule has 0 saturated heterocycles. The molecule has 0 radical (unpaired) electrons. The van der Waals surface area contributed by atoms with Crippen molar-refractivity contribution in [1.29, 1.82) is 0 Å². The largest absolute Gasteiger partial charge is 0.494 e. The SMILES string of the molecule is COc1ccc(C(=O)NC[C@](O)(c2ccoc2)c2cccs2)cc1F. The maximum Gasteiger partial charge on any atom is 0.251 e. The van der Waals surface area contributed by atoms with E-state index in [0.717, 1.165) is 6.07 Å². The third-order valence-electron chi connectivity index (χ3n) is 3.85. The molecule has 3 rings (SSSR count). The summed E-state index contributed by atoms with van der Waals surface area (Å²) in [5.74, 6) is -1.07. The summed E-state index contributed by atoms with van der Waals surface area (Å²) in [6.45, 7) is -0.0838. The molecule has 0 aliphatic rings. The third-order valence-corrected chi connectivity index (χ3v) is 4.87. The summed E-state index contributed by atoms with van der Waals surface area (Å²) in [7, 11) is 1.35. The van der Waals surface area contributed by atoms with Crippen LogP contribution in [-0.4, -0.2) is 24.7 Å². The van der Waals surface area contributed by atoms with Gasteiger partial charge in [-0.3, -0.25) is 4.79 Å². The average Bonchev–Trinajstić information content (AvgIpc) is 3.33. The highest BCUT2D eigenvalue weighted by atomic mass is 32.1. The van der Waals surface area contributed by atoms with Crippen LogP contribution in [0.2, 0.25) is 0 Å². The smallest absolute Gasteiger partial charge is 0.251 e. The summed E-state index contributed by atoms with van der Waals surface area (Å²) in [4.78, 5) is 13.0. The molecule has 1 atom stereocenters. The number of amides is 1. The standard InChI is InChI=1S/C18H16FNO4S/c1-23-15-5-4-12(9-14(15)19)17(21)20-11-18(22,13-6-7-24-10-13)16-3-2-8-25-16/h2-10,22H,11H2,1H3,(H,20,21)/t18-/m0/s1. The van der Waals surface area contributed by atoms with Crippen LogP contribution in [0, 0.1) is 5.82 Å². The fourth-order valence-electron chi connectivity index (χ4n) is 2.46. The number of aliphatic hydroxyl groups is 1. The quantitative estimate of drug-likeness (QED) is 0.707.